The van der Waals surface area contributed by atoms with Crippen LogP contribution in [0.25, 0.3) is 11.3 Å². The number of aryl methyl sites for hydroxylation is 2. The summed E-state index contributed by atoms with van der Waals surface area (Å²) in [6.45, 7) is 8.74. The van der Waals surface area contributed by atoms with Crippen LogP contribution in [0.3, 0.4) is 0 Å². The maximum Gasteiger partial charge on any atom is 0.407 e. The van der Waals surface area contributed by atoms with Gasteiger partial charge in [0, 0.05) is 24.8 Å². The lowest BCUT2D eigenvalue weighted by Crippen LogP contribution is -2.57. The van der Waals surface area contributed by atoms with Crippen LogP contribution in [0.4, 0.5) is 4.79 Å². The zero-order chi connectivity index (χ0) is 35.0. The number of aliphatic hydroxyl groups excluding tert-OH is 1. The molecule has 0 aliphatic heterocycles. The molecule has 0 aliphatic rings. The highest BCUT2D eigenvalue weighted by Gasteiger charge is 2.38. The van der Waals surface area contributed by atoms with Gasteiger partial charge in [-0.1, -0.05) is 86.6 Å². The number of pyridine rings is 1. The molecule has 0 fully saturated rings. The molecule has 11 heteroatoms. The minimum absolute atomic E-state index is 0.0702. The number of aromatic nitrogens is 2. The van der Waals surface area contributed by atoms with E-state index in [-0.39, 0.29) is 6.42 Å². The molecule has 0 unspecified atom stereocenters. The maximum absolute atomic E-state index is 13.8. The predicted octanol–water partition coefficient (Wildman–Crippen LogP) is 5.20. The summed E-state index contributed by atoms with van der Waals surface area (Å²) in [5, 5.41) is 31.5. The molecule has 4 rings (SSSR count). The molecule has 0 bridgehead atoms. The first-order valence-corrected chi connectivity index (χ1v) is 16.0. The lowest BCUT2D eigenvalue weighted by Gasteiger charge is -2.37. The van der Waals surface area contributed by atoms with E-state index in [2.05, 4.69) is 20.8 Å². The number of carboxylic acid groups (broad SMARTS) is 1. The number of carbonyl (C=O) groups is 3. The third-order valence-corrected chi connectivity index (χ3v) is 8.37. The van der Waals surface area contributed by atoms with Crippen LogP contribution in [0.1, 0.15) is 60.1 Å². The fraction of sp³-hybridized carbons (Fsp3) is 0.378. The van der Waals surface area contributed by atoms with Crippen molar-refractivity contribution in [2.45, 2.75) is 78.1 Å². The Balaban J connectivity index is 1.63. The normalized spacial score (nSPS) is 14.0. The first-order valence-electron chi connectivity index (χ1n) is 16.0. The van der Waals surface area contributed by atoms with Crippen molar-refractivity contribution in [3.63, 3.8) is 0 Å². The number of nitrogens with one attached hydrogen (secondary N) is 2. The second-order valence-electron chi connectivity index (χ2n) is 13.3. The van der Waals surface area contributed by atoms with E-state index in [4.69, 9.17) is 4.52 Å². The third-order valence-electron chi connectivity index (χ3n) is 8.37. The summed E-state index contributed by atoms with van der Waals surface area (Å²) in [4.78, 5) is 44.6. The van der Waals surface area contributed by atoms with Gasteiger partial charge in [0.15, 0.2) is 0 Å². The maximum atomic E-state index is 13.8. The first kappa shape index (κ1) is 35.8. The minimum Gasteiger partial charge on any atom is -0.465 e. The Kier molecular flexibility index (Phi) is 11.7. The molecule has 4 N–H and O–H groups in total. The number of nitrogens with zero attached hydrogens (tertiary/aromatic N) is 3. The molecule has 2 aromatic carbocycles. The SMILES string of the molecule is Cc1noc(C)c1C(=O)N[C@@H](Cc1ccccc1)[C@@H](O)C[C@H](Cc1ccc(-c2ccccn2)cc1)NC(=O)[C@@H](N(C)C(=O)O)C(C)(C)C. The van der Waals surface area contributed by atoms with Gasteiger partial charge in [-0.2, -0.15) is 0 Å². The number of carbonyl (C=O) groups excluding carboxylic acids is 2. The number of amides is 3. The molecule has 254 valence electrons. The van der Waals surface area contributed by atoms with E-state index in [0.29, 0.717) is 29.9 Å². The Labute approximate surface area is 281 Å². The molecule has 0 aliphatic carbocycles. The number of aliphatic hydroxyl groups is 1. The van der Waals surface area contributed by atoms with Crippen LogP contribution in [0, 0.1) is 19.3 Å². The number of rotatable bonds is 13. The van der Waals surface area contributed by atoms with E-state index in [0.717, 1.165) is 27.3 Å². The van der Waals surface area contributed by atoms with Crippen molar-refractivity contribution in [2.24, 2.45) is 5.41 Å². The van der Waals surface area contributed by atoms with Gasteiger partial charge in [0.05, 0.1) is 23.5 Å². The van der Waals surface area contributed by atoms with E-state index in [9.17, 15) is 24.6 Å². The molecule has 48 heavy (non-hydrogen) atoms. The van der Waals surface area contributed by atoms with Crippen molar-refractivity contribution in [1.82, 2.24) is 25.7 Å². The van der Waals surface area contributed by atoms with Crippen LogP contribution in [0.15, 0.2) is 83.5 Å². The second kappa shape index (κ2) is 15.7. The Bertz CT molecular complexity index is 1650. The minimum atomic E-state index is -1.23. The third kappa shape index (κ3) is 9.28. The van der Waals surface area contributed by atoms with Crippen molar-refractivity contribution in [2.75, 3.05) is 7.05 Å². The molecule has 11 nitrogen and oxygen atoms in total. The molecule has 4 atom stereocenters. The largest absolute Gasteiger partial charge is 0.465 e. The van der Waals surface area contributed by atoms with Crippen molar-refractivity contribution in [3.8, 4) is 11.3 Å². The Hall–Kier alpha value is -5.03. The highest BCUT2D eigenvalue weighted by atomic mass is 16.5. The highest BCUT2D eigenvalue weighted by Crippen LogP contribution is 2.25. The van der Waals surface area contributed by atoms with Crippen LogP contribution in [0.5, 0.6) is 0 Å². The van der Waals surface area contributed by atoms with E-state index in [1.165, 1.54) is 7.05 Å². The van der Waals surface area contributed by atoms with Crippen molar-refractivity contribution in [1.29, 1.82) is 0 Å². The fourth-order valence-electron chi connectivity index (χ4n) is 6.02. The second-order valence-corrected chi connectivity index (χ2v) is 13.3. The van der Waals surface area contributed by atoms with Gasteiger partial charge in [-0.15, -0.1) is 0 Å². The summed E-state index contributed by atoms with van der Waals surface area (Å²) in [6.07, 6.45) is 0.139. The molecule has 2 heterocycles. The average molecular weight is 656 g/mol. The van der Waals surface area contributed by atoms with Crippen molar-refractivity contribution in [3.05, 3.63) is 107 Å². The molecular formula is C37H45N5O6. The van der Waals surface area contributed by atoms with Gasteiger partial charge in [0.1, 0.15) is 17.4 Å². The number of benzene rings is 2. The van der Waals surface area contributed by atoms with E-state index in [1.54, 1.807) is 40.8 Å². The Morgan fingerprint density at radius 2 is 1.54 bits per heavy atom. The molecule has 4 aromatic rings. The lowest BCUT2D eigenvalue weighted by atomic mass is 9.84. The standard InChI is InChI=1S/C37H45N5O6/c1-23-32(24(2)48-41-23)34(44)40-30(21-25-12-8-7-9-13-25)31(43)22-28(39-35(45)33(37(3,4)5)42(6)36(46)47)20-26-15-17-27(18-16-26)29-14-10-11-19-38-29/h7-19,28,30-31,33,43H,20-22H2,1-6H3,(H,39,45)(H,40,44)(H,46,47)/t28-,30-,31-,33+/m0/s1. The van der Waals surface area contributed by atoms with Gasteiger partial charge in [0.2, 0.25) is 5.91 Å². The van der Waals surface area contributed by atoms with Gasteiger partial charge >= 0.3 is 6.09 Å². The van der Waals surface area contributed by atoms with Gasteiger partial charge in [-0.25, -0.2) is 4.79 Å². The quantitative estimate of drug-likeness (QED) is 0.153. The summed E-state index contributed by atoms with van der Waals surface area (Å²) in [6, 6.07) is 20.6. The van der Waals surface area contributed by atoms with Crippen molar-refractivity contribution >= 4 is 17.9 Å². The average Bonchev–Trinajstić information content (AvgIpc) is 3.38. The van der Waals surface area contributed by atoms with Gasteiger partial charge in [-0.05, 0) is 61.8 Å². The van der Waals surface area contributed by atoms with E-state index < -0.39 is 47.6 Å². The fourth-order valence-corrected chi connectivity index (χ4v) is 6.02. The summed E-state index contributed by atoms with van der Waals surface area (Å²) < 4.78 is 5.20. The monoisotopic (exact) mass is 655 g/mol. The van der Waals surface area contributed by atoms with Gasteiger partial charge < -0.3 is 25.4 Å². The summed E-state index contributed by atoms with van der Waals surface area (Å²) in [5.41, 5.74) is 3.58. The molecule has 0 saturated heterocycles. The van der Waals surface area contributed by atoms with Crippen LogP contribution < -0.4 is 10.6 Å². The van der Waals surface area contributed by atoms with Crippen LogP contribution in [0.2, 0.25) is 0 Å². The molecule has 0 radical (unpaired) electrons. The molecular weight excluding hydrogens is 610 g/mol. The van der Waals surface area contributed by atoms with Crippen LogP contribution in [-0.2, 0) is 17.6 Å². The number of likely N-dealkylation sites (N-methyl/N-ethyl adjacent to an activating group) is 1. The summed E-state index contributed by atoms with van der Waals surface area (Å²) >= 11 is 0. The smallest absolute Gasteiger partial charge is 0.407 e. The zero-order valence-corrected chi connectivity index (χ0v) is 28.3. The van der Waals surface area contributed by atoms with Crippen LogP contribution in [-0.4, -0.2) is 74.4 Å². The van der Waals surface area contributed by atoms with Gasteiger partial charge in [-0.3, -0.25) is 19.5 Å². The molecule has 0 saturated carbocycles. The lowest BCUT2D eigenvalue weighted by molar-refractivity contribution is -0.129. The van der Waals surface area contributed by atoms with Crippen molar-refractivity contribution < 1.29 is 29.1 Å². The first-order chi connectivity index (χ1) is 22.7. The van der Waals surface area contributed by atoms with Crippen LogP contribution >= 0.6 is 0 Å². The zero-order valence-electron chi connectivity index (χ0n) is 28.3. The Morgan fingerprint density at radius 3 is 2.10 bits per heavy atom. The molecule has 3 amide bonds. The predicted molar refractivity (Wildman–Crippen MR) is 182 cm³/mol. The Morgan fingerprint density at radius 1 is 0.896 bits per heavy atom. The van der Waals surface area contributed by atoms with Gasteiger partial charge in [0.25, 0.3) is 5.91 Å². The topological polar surface area (TPSA) is 158 Å². The summed E-state index contributed by atoms with van der Waals surface area (Å²) in [7, 11) is 1.37. The molecule has 0 spiro atoms. The number of hydrogen-bond donors (Lipinski definition) is 4. The molecule has 2 aromatic heterocycles. The number of hydrogen-bond acceptors (Lipinski definition) is 7. The van der Waals surface area contributed by atoms with E-state index >= 15 is 0 Å². The summed E-state index contributed by atoms with van der Waals surface area (Å²) in [5.74, 6) is -0.533. The van der Waals surface area contributed by atoms with E-state index in [1.807, 2.05) is 72.8 Å². The highest BCUT2D eigenvalue weighted by molar-refractivity contribution is 5.96.